The number of benzene rings is 1. The van der Waals surface area contributed by atoms with E-state index in [0.717, 1.165) is 41.6 Å². The molecule has 2 heterocycles. The maximum Gasteiger partial charge on any atom is 0.254 e. The molecule has 2 atom stereocenters. The molecule has 0 spiro atoms. The van der Waals surface area contributed by atoms with Gasteiger partial charge in [0, 0.05) is 43.5 Å². The third-order valence-corrected chi connectivity index (χ3v) is 5.04. The summed E-state index contributed by atoms with van der Waals surface area (Å²) < 4.78 is 1.76. The predicted octanol–water partition coefficient (Wildman–Crippen LogP) is 2.59. The van der Waals surface area contributed by atoms with E-state index < -0.39 is 0 Å². The zero-order valence-electron chi connectivity index (χ0n) is 14.7. The van der Waals surface area contributed by atoms with Crippen LogP contribution in [0.1, 0.15) is 35.7 Å². The van der Waals surface area contributed by atoms with Gasteiger partial charge in [-0.2, -0.15) is 5.10 Å². The number of aromatic nitrogens is 2. The number of likely N-dealkylation sites (tertiary alicyclic amines) is 1. The first kappa shape index (κ1) is 16.7. The van der Waals surface area contributed by atoms with Crippen molar-refractivity contribution in [3.05, 3.63) is 41.7 Å². The van der Waals surface area contributed by atoms with Gasteiger partial charge in [0.2, 0.25) is 0 Å². The van der Waals surface area contributed by atoms with Crippen molar-refractivity contribution in [1.82, 2.24) is 14.7 Å². The Morgan fingerprint density at radius 3 is 2.88 bits per heavy atom. The average molecular weight is 326 g/mol. The van der Waals surface area contributed by atoms with Crippen molar-refractivity contribution in [3.8, 4) is 11.1 Å². The van der Waals surface area contributed by atoms with Gasteiger partial charge >= 0.3 is 0 Å². The Balaban J connectivity index is 2.01. The van der Waals surface area contributed by atoms with Crippen LogP contribution < -0.4 is 5.73 Å². The number of carbonyl (C=O) groups is 1. The van der Waals surface area contributed by atoms with Crippen LogP contribution in [0, 0.1) is 12.8 Å². The molecule has 1 aromatic carbocycles. The Bertz CT molecular complexity index is 737. The van der Waals surface area contributed by atoms with Crippen LogP contribution in [0.2, 0.25) is 0 Å². The second-order valence-corrected chi connectivity index (χ2v) is 6.87. The van der Waals surface area contributed by atoms with E-state index in [1.54, 1.807) is 10.9 Å². The molecule has 0 aliphatic carbocycles. The predicted molar refractivity (Wildman–Crippen MR) is 95.7 cm³/mol. The molecule has 3 rings (SSSR count). The van der Waals surface area contributed by atoms with Gasteiger partial charge in [-0.15, -0.1) is 0 Å². The number of aryl methyl sites for hydroxylation is 2. The minimum atomic E-state index is 0.0829. The summed E-state index contributed by atoms with van der Waals surface area (Å²) in [4.78, 5) is 15.3. The molecule has 2 aromatic rings. The maximum absolute atomic E-state index is 13.3. The summed E-state index contributed by atoms with van der Waals surface area (Å²) in [5.41, 5.74) is 9.71. The van der Waals surface area contributed by atoms with Crippen LogP contribution in [-0.4, -0.2) is 39.7 Å². The first-order valence-corrected chi connectivity index (χ1v) is 8.62. The van der Waals surface area contributed by atoms with Gasteiger partial charge in [0.05, 0.1) is 6.20 Å². The van der Waals surface area contributed by atoms with Gasteiger partial charge in [0.25, 0.3) is 5.91 Å². The van der Waals surface area contributed by atoms with E-state index in [1.807, 2.05) is 43.3 Å². The van der Waals surface area contributed by atoms with Crippen LogP contribution in [0.5, 0.6) is 0 Å². The molecular formula is C19H26N4O. The van der Waals surface area contributed by atoms with Gasteiger partial charge < -0.3 is 10.6 Å². The maximum atomic E-state index is 13.3. The van der Waals surface area contributed by atoms with Crippen molar-refractivity contribution in [2.75, 3.05) is 13.1 Å². The van der Waals surface area contributed by atoms with E-state index in [9.17, 15) is 4.79 Å². The van der Waals surface area contributed by atoms with Gasteiger partial charge in [-0.25, -0.2) is 0 Å². The fourth-order valence-electron chi connectivity index (χ4n) is 3.66. The Labute approximate surface area is 143 Å². The minimum Gasteiger partial charge on any atom is -0.334 e. The molecule has 0 bridgehead atoms. The summed E-state index contributed by atoms with van der Waals surface area (Å²) in [5.74, 6) is 0.527. The van der Waals surface area contributed by atoms with Crippen LogP contribution >= 0.6 is 0 Å². The van der Waals surface area contributed by atoms with Crippen molar-refractivity contribution in [2.45, 2.75) is 32.7 Å². The smallest absolute Gasteiger partial charge is 0.254 e. The highest BCUT2D eigenvalue weighted by molar-refractivity contribution is 6.01. The Morgan fingerprint density at radius 1 is 1.42 bits per heavy atom. The van der Waals surface area contributed by atoms with Crippen molar-refractivity contribution < 1.29 is 4.79 Å². The van der Waals surface area contributed by atoms with Gasteiger partial charge in [-0.05, 0) is 37.3 Å². The quantitative estimate of drug-likeness (QED) is 0.943. The third-order valence-electron chi connectivity index (χ3n) is 5.04. The summed E-state index contributed by atoms with van der Waals surface area (Å²) in [6, 6.07) is 6.16. The minimum absolute atomic E-state index is 0.0829. The number of piperidine rings is 1. The SMILES string of the molecule is Cc1ccc(-c2cnn(C)c2)c(C(=O)N2CCC[C@H](C)C2CN)c1. The second-order valence-electron chi connectivity index (χ2n) is 6.87. The standard InChI is InChI=1S/C19H26N4O/c1-13-6-7-16(15-11-21-22(3)12-15)17(9-13)19(24)23-8-4-5-14(2)18(23)10-20/h6-7,9,11-12,14,18H,4-5,8,10,20H2,1-3H3/t14-,18?/m0/s1. The number of nitrogens with two attached hydrogens (primary N) is 1. The van der Waals surface area contributed by atoms with Gasteiger partial charge in [-0.3, -0.25) is 9.48 Å². The number of hydrogen-bond donors (Lipinski definition) is 1. The molecular weight excluding hydrogens is 300 g/mol. The van der Waals surface area contributed by atoms with Gasteiger partial charge in [-0.1, -0.05) is 24.6 Å². The van der Waals surface area contributed by atoms with Crippen LogP contribution in [-0.2, 0) is 7.05 Å². The number of hydrogen-bond acceptors (Lipinski definition) is 3. The molecule has 0 radical (unpaired) electrons. The Kier molecular flexibility index (Phi) is 4.71. The monoisotopic (exact) mass is 326 g/mol. The highest BCUT2D eigenvalue weighted by Gasteiger charge is 2.32. The lowest BCUT2D eigenvalue weighted by Crippen LogP contribution is -2.51. The van der Waals surface area contributed by atoms with E-state index in [0.29, 0.717) is 12.5 Å². The number of nitrogens with zero attached hydrogens (tertiary/aromatic N) is 3. The zero-order chi connectivity index (χ0) is 17.3. The van der Waals surface area contributed by atoms with E-state index in [2.05, 4.69) is 12.0 Å². The van der Waals surface area contributed by atoms with Crippen LogP contribution in [0.15, 0.2) is 30.6 Å². The third kappa shape index (κ3) is 3.08. The zero-order valence-corrected chi connectivity index (χ0v) is 14.7. The topological polar surface area (TPSA) is 64.2 Å². The largest absolute Gasteiger partial charge is 0.334 e. The van der Waals surface area contributed by atoms with Crippen LogP contribution in [0.4, 0.5) is 0 Å². The molecule has 1 aliphatic heterocycles. The van der Waals surface area contributed by atoms with E-state index in [1.165, 1.54) is 0 Å². The fraction of sp³-hybridized carbons (Fsp3) is 0.474. The normalized spacial score (nSPS) is 21.1. The van der Waals surface area contributed by atoms with E-state index in [4.69, 9.17) is 5.73 Å². The van der Waals surface area contributed by atoms with Gasteiger partial charge in [0.1, 0.15) is 0 Å². The molecule has 5 heteroatoms. The lowest BCUT2D eigenvalue weighted by molar-refractivity contribution is 0.0533. The molecule has 24 heavy (non-hydrogen) atoms. The summed E-state index contributed by atoms with van der Waals surface area (Å²) in [6.45, 7) is 5.50. The van der Waals surface area contributed by atoms with E-state index in [-0.39, 0.29) is 11.9 Å². The molecule has 1 fully saturated rings. The second kappa shape index (κ2) is 6.77. The molecule has 5 nitrogen and oxygen atoms in total. The number of carbonyl (C=O) groups excluding carboxylic acids is 1. The molecule has 1 amide bonds. The lowest BCUT2D eigenvalue weighted by Gasteiger charge is -2.39. The van der Waals surface area contributed by atoms with Crippen LogP contribution in [0.25, 0.3) is 11.1 Å². The first-order valence-electron chi connectivity index (χ1n) is 8.62. The van der Waals surface area contributed by atoms with Crippen LogP contribution in [0.3, 0.4) is 0 Å². The molecule has 1 saturated heterocycles. The average Bonchev–Trinajstić information content (AvgIpc) is 3.00. The van der Waals surface area contributed by atoms with Crippen molar-refractivity contribution >= 4 is 5.91 Å². The summed E-state index contributed by atoms with van der Waals surface area (Å²) in [5, 5.41) is 4.24. The van der Waals surface area contributed by atoms with Gasteiger partial charge in [0.15, 0.2) is 0 Å². The van der Waals surface area contributed by atoms with E-state index >= 15 is 0 Å². The Hall–Kier alpha value is -2.14. The highest BCUT2D eigenvalue weighted by atomic mass is 16.2. The molecule has 128 valence electrons. The van der Waals surface area contributed by atoms with Crippen molar-refractivity contribution in [3.63, 3.8) is 0 Å². The molecule has 0 saturated carbocycles. The number of amides is 1. The molecule has 1 unspecified atom stereocenters. The van der Waals surface area contributed by atoms with Crippen molar-refractivity contribution in [2.24, 2.45) is 18.7 Å². The summed E-state index contributed by atoms with van der Waals surface area (Å²) in [7, 11) is 1.88. The summed E-state index contributed by atoms with van der Waals surface area (Å²) in [6.07, 6.45) is 5.92. The number of rotatable bonds is 3. The molecule has 1 aliphatic rings. The lowest BCUT2D eigenvalue weighted by atomic mass is 9.89. The summed E-state index contributed by atoms with van der Waals surface area (Å²) >= 11 is 0. The highest BCUT2D eigenvalue weighted by Crippen LogP contribution is 2.29. The Morgan fingerprint density at radius 2 is 2.21 bits per heavy atom. The fourth-order valence-corrected chi connectivity index (χ4v) is 3.66. The molecule has 1 aromatic heterocycles. The van der Waals surface area contributed by atoms with Crippen molar-refractivity contribution in [1.29, 1.82) is 0 Å². The first-order chi connectivity index (χ1) is 11.5. The molecule has 2 N–H and O–H groups in total.